The minimum absolute atomic E-state index is 0.278. The van der Waals surface area contributed by atoms with Crippen LogP contribution in [0.25, 0.3) is 0 Å². The summed E-state index contributed by atoms with van der Waals surface area (Å²) in [5.41, 5.74) is 1.40. The molecule has 0 aliphatic rings. The highest BCUT2D eigenvalue weighted by molar-refractivity contribution is 9.09. The molecule has 1 atom stereocenters. The van der Waals surface area contributed by atoms with Crippen molar-refractivity contribution in [2.24, 2.45) is 0 Å². The fraction of sp³-hybridized carbons (Fsp3) is 0.143. The van der Waals surface area contributed by atoms with Crippen LogP contribution in [-0.2, 0) is 0 Å². The van der Waals surface area contributed by atoms with Crippen molar-refractivity contribution in [3.05, 3.63) is 69.7 Å². The van der Waals surface area contributed by atoms with Crippen molar-refractivity contribution in [3.63, 3.8) is 0 Å². The maximum absolute atomic E-state index is 13.8. The molecule has 1 unspecified atom stereocenters. The van der Waals surface area contributed by atoms with Gasteiger partial charge < -0.3 is 0 Å². The fourth-order valence-electron chi connectivity index (χ4n) is 1.67. The molecule has 0 spiro atoms. The molecule has 94 valence electrons. The van der Waals surface area contributed by atoms with Crippen LogP contribution in [0.3, 0.4) is 0 Å². The van der Waals surface area contributed by atoms with Gasteiger partial charge in [0.05, 0.1) is 4.83 Å². The lowest BCUT2D eigenvalue weighted by atomic mass is 10.0. The van der Waals surface area contributed by atoms with Gasteiger partial charge >= 0.3 is 0 Å². The molecule has 18 heavy (non-hydrogen) atoms. The van der Waals surface area contributed by atoms with Crippen LogP contribution in [0.2, 0.25) is 5.02 Å². The summed E-state index contributed by atoms with van der Waals surface area (Å²) in [5.74, 6) is -0.837. The summed E-state index contributed by atoms with van der Waals surface area (Å²) in [5, 5.41) is 0.606. The number of hydrogen-bond acceptors (Lipinski definition) is 0. The molecule has 0 bridgehead atoms. The molecule has 0 aliphatic carbocycles. The summed E-state index contributed by atoms with van der Waals surface area (Å²) in [6.45, 7) is 1.54. The highest BCUT2D eigenvalue weighted by atomic mass is 79.9. The third-order valence-electron chi connectivity index (χ3n) is 2.71. The van der Waals surface area contributed by atoms with Crippen molar-refractivity contribution < 1.29 is 8.78 Å². The second-order valence-electron chi connectivity index (χ2n) is 4.04. The van der Waals surface area contributed by atoms with Gasteiger partial charge in [-0.25, -0.2) is 8.78 Å². The Balaban J connectivity index is 2.42. The van der Waals surface area contributed by atoms with Crippen LogP contribution < -0.4 is 0 Å². The molecular weight excluding hydrogens is 322 g/mol. The predicted octanol–water partition coefficient (Wildman–Crippen LogP) is 5.41. The van der Waals surface area contributed by atoms with Crippen LogP contribution in [0.1, 0.15) is 21.5 Å². The number of aryl methyl sites for hydroxylation is 1. The Hall–Kier alpha value is -0.930. The van der Waals surface area contributed by atoms with E-state index in [-0.39, 0.29) is 5.56 Å². The zero-order chi connectivity index (χ0) is 13.3. The Bertz CT molecular complexity index is 567. The molecule has 0 saturated heterocycles. The van der Waals surface area contributed by atoms with E-state index in [1.54, 1.807) is 24.3 Å². The Morgan fingerprint density at radius 2 is 1.67 bits per heavy atom. The Labute approximate surface area is 118 Å². The first-order valence-corrected chi connectivity index (χ1v) is 6.63. The van der Waals surface area contributed by atoms with E-state index in [0.29, 0.717) is 10.6 Å². The summed E-state index contributed by atoms with van der Waals surface area (Å²) in [4.78, 5) is -0.398. The van der Waals surface area contributed by atoms with Crippen molar-refractivity contribution in [3.8, 4) is 0 Å². The second-order valence-corrected chi connectivity index (χ2v) is 5.39. The predicted molar refractivity (Wildman–Crippen MR) is 73.3 cm³/mol. The van der Waals surface area contributed by atoms with Crippen molar-refractivity contribution in [1.29, 1.82) is 0 Å². The largest absolute Gasteiger partial charge is 0.207 e. The number of alkyl halides is 1. The van der Waals surface area contributed by atoms with Crippen molar-refractivity contribution in [1.82, 2.24) is 0 Å². The fourth-order valence-corrected chi connectivity index (χ4v) is 2.45. The van der Waals surface area contributed by atoms with E-state index in [4.69, 9.17) is 11.6 Å². The van der Waals surface area contributed by atoms with Gasteiger partial charge in [0, 0.05) is 10.6 Å². The van der Waals surface area contributed by atoms with E-state index in [0.717, 1.165) is 5.56 Å². The molecule has 2 aromatic carbocycles. The van der Waals surface area contributed by atoms with Crippen LogP contribution in [0.5, 0.6) is 0 Å². The SMILES string of the molecule is Cc1cc(F)c(C(Br)c2ccc(Cl)cc2)cc1F. The average molecular weight is 332 g/mol. The quantitative estimate of drug-likeness (QED) is 0.645. The standard InChI is InChI=1S/C14H10BrClF2/c1-8-6-13(18)11(7-12(8)17)14(15)9-2-4-10(16)5-3-9/h2-7,14H,1H3. The zero-order valence-corrected chi connectivity index (χ0v) is 11.9. The zero-order valence-electron chi connectivity index (χ0n) is 9.55. The molecule has 0 aliphatic heterocycles. The van der Waals surface area contributed by atoms with Crippen molar-refractivity contribution in [2.75, 3.05) is 0 Å². The first-order valence-electron chi connectivity index (χ1n) is 5.34. The van der Waals surface area contributed by atoms with Crippen LogP contribution in [0.15, 0.2) is 36.4 Å². The molecule has 0 saturated carbocycles. The first kappa shape index (κ1) is 13.5. The van der Waals surface area contributed by atoms with E-state index in [2.05, 4.69) is 15.9 Å². The summed E-state index contributed by atoms with van der Waals surface area (Å²) in [6, 6.07) is 9.41. The highest BCUT2D eigenvalue weighted by Crippen LogP contribution is 2.33. The third-order valence-corrected chi connectivity index (χ3v) is 3.99. The molecule has 0 N–H and O–H groups in total. The smallest absolute Gasteiger partial charge is 0.128 e. The summed E-state index contributed by atoms with van der Waals surface area (Å²) < 4.78 is 27.3. The van der Waals surface area contributed by atoms with Crippen molar-refractivity contribution in [2.45, 2.75) is 11.8 Å². The third kappa shape index (κ3) is 2.73. The van der Waals surface area contributed by atoms with Gasteiger partial charge in [-0.2, -0.15) is 0 Å². The van der Waals surface area contributed by atoms with Crippen LogP contribution in [-0.4, -0.2) is 0 Å². The van der Waals surface area contributed by atoms with Gasteiger partial charge in [-0.3, -0.25) is 0 Å². The van der Waals surface area contributed by atoms with E-state index in [1.807, 2.05) is 0 Å². The summed E-state index contributed by atoms with van der Waals surface area (Å²) >= 11 is 9.17. The minimum atomic E-state index is -0.425. The second kappa shape index (κ2) is 5.37. The topological polar surface area (TPSA) is 0 Å². The van der Waals surface area contributed by atoms with Crippen molar-refractivity contribution >= 4 is 27.5 Å². The van der Waals surface area contributed by atoms with E-state index < -0.39 is 16.5 Å². The molecule has 0 fully saturated rings. The average Bonchev–Trinajstić information content (AvgIpc) is 2.34. The van der Waals surface area contributed by atoms with Gasteiger partial charge in [0.25, 0.3) is 0 Å². The molecule has 0 nitrogen and oxygen atoms in total. The number of rotatable bonds is 2. The lowest BCUT2D eigenvalue weighted by Crippen LogP contribution is -1.99. The van der Waals surface area contributed by atoms with Gasteiger partial charge in [-0.1, -0.05) is 39.7 Å². The van der Waals surface area contributed by atoms with E-state index >= 15 is 0 Å². The van der Waals surface area contributed by atoms with Gasteiger partial charge in [-0.05, 0) is 42.3 Å². The van der Waals surface area contributed by atoms with Crippen LogP contribution in [0.4, 0.5) is 8.78 Å². The van der Waals surface area contributed by atoms with Crippen LogP contribution >= 0.6 is 27.5 Å². The van der Waals surface area contributed by atoms with Crippen LogP contribution in [0, 0.1) is 18.6 Å². The molecule has 4 heteroatoms. The van der Waals surface area contributed by atoms with E-state index in [1.165, 1.54) is 19.1 Å². The normalized spacial score (nSPS) is 12.5. The number of halogens is 4. The maximum Gasteiger partial charge on any atom is 0.128 e. The molecule has 2 aromatic rings. The molecule has 0 radical (unpaired) electrons. The lowest BCUT2D eigenvalue weighted by molar-refractivity contribution is 0.581. The Morgan fingerprint density at radius 3 is 2.28 bits per heavy atom. The monoisotopic (exact) mass is 330 g/mol. The Morgan fingerprint density at radius 1 is 1.06 bits per heavy atom. The Kier molecular flexibility index (Phi) is 4.03. The molecule has 0 amide bonds. The highest BCUT2D eigenvalue weighted by Gasteiger charge is 2.16. The summed E-state index contributed by atoms with van der Waals surface area (Å²) in [6.07, 6.45) is 0. The minimum Gasteiger partial charge on any atom is -0.207 e. The number of hydrogen-bond donors (Lipinski definition) is 0. The molecule has 0 aromatic heterocycles. The lowest BCUT2D eigenvalue weighted by Gasteiger charge is -2.13. The molecular formula is C14H10BrClF2. The molecule has 0 heterocycles. The van der Waals surface area contributed by atoms with E-state index in [9.17, 15) is 8.78 Å². The summed E-state index contributed by atoms with van der Waals surface area (Å²) in [7, 11) is 0. The molecule has 2 rings (SSSR count). The van der Waals surface area contributed by atoms with Gasteiger partial charge in [0.1, 0.15) is 11.6 Å². The van der Waals surface area contributed by atoms with Gasteiger partial charge in [0.2, 0.25) is 0 Å². The van der Waals surface area contributed by atoms with Gasteiger partial charge in [0.15, 0.2) is 0 Å². The van der Waals surface area contributed by atoms with Gasteiger partial charge in [-0.15, -0.1) is 0 Å². The first-order chi connectivity index (χ1) is 8.49. The maximum atomic E-state index is 13.8. The number of benzene rings is 2.